The van der Waals surface area contributed by atoms with Gasteiger partial charge in [-0.2, -0.15) is 4.80 Å². The number of aromatic nitrogens is 4. The summed E-state index contributed by atoms with van der Waals surface area (Å²) in [6, 6.07) is 6.22. The molecule has 0 saturated heterocycles. The smallest absolute Gasteiger partial charge is 0.224 e. The minimum atomic E-state index is -0.0368. The van der Waals surface area contributed by atoms with Crippen LogP contribution in [0.25, 0.3) is 0 Å². The van der Waals surface area contributed by atoms with Gasteiger partial charge in [0.15, 0.2) is 5.82 Å². The fourth-order valence-corrected chi connectivity index (χ4v) is 6.73. The second kappa shape index (κ2) is 6.13. The molecule has 28 heavy (non-hydrogen) atoms. The van der Waals surface area contributed by atoms with Gasteiger partial charge in [0.25, 0.3) is 0 Å². The molecule has 1 N–H and O–H groups in total. The van der Waals surface area contributed by atoms with E-state index in [9.17, 15) is 4.79 Å². The molecule has 2 unspecified atom stereocenters. The summed E-state index contributed by atoms with van der Waals surface area (Å²) in [5.74, 6) is 2.24. The van der Waals surface area contributed by atoms with Gasteiger partial charge in [-0.1, -0.05) is 12.1 Å². The van der Waals surface area contributed by atoms with Gasteiger partial charge >= 0.3 is 0 Å². The molecule has 148 valence electrons. The molecular formula is C22H29N5O. The van der Waals surface area contributed by atoms with E-state index in [0.29, 0.717) is 18.3 Å². The number of anilines is 1. The highest BCUT2D eigenvalue weighted by molar-refractivity contribution is 5.92. The van der Waals surface area contributed by atoms with Crippen molar-refractivity contribution in [3.05, 3.63) is 35.2 Å². The molecule has 4 saturated carbocycles. The molecule has 6 heteroatoms. The van der Waals surface area contributed by atoms with E-state index in [1.807, 2.05) is 18.6 Å². The van der Waals surface area contributed by atoms with Gasteiger partial charge in [0.2, 0.25) is 5.91 Å². The lowest BCUT2D eigenvalue weighted by atomic mass is 9.46. The van der Waals surface area contributed by atoms with Crippen molar-refractivity contribution in [3.63, 3.8) is 0 Å². The molecule has 2 atom stereocenters. The summed E-state index contributed by atoms with van der Waals surface area (Å²) in [6.07, 6.45) is 7.51. The molecule has 0 spiro atoms. The molecule has 4 bridgehead atoms. The van der Waals surface area contributed by atoms with Crippen LogP contribution in [0.15, 0.2) is 18.2 Å². The van der Waals surface area contributed by atoms with Crippen molar-refractivity contribution in [1.82, 2.24) is 20.2 Å². The van der Waals surface area contributed by atoms with Crippen molar-refractivity contribution in [2.45, 2.75) is 71.3 Å². The maximum Gasteiger partial charge on any atom is 0.224 e. The largest absolute Gasteiger partial charge is 0.326 e. The number of hydrogen-bond acceptors (Lipinski definition) is 4. The quantitative estimate of drug-likeness (QED) is 0.874. The monoisotopic (exact) mass is 379 g/mol. The van der Waals surface area contributed by atoms with E-state index in [-0.39, 0.29) is 16.9 Å². The van der Waals surface area contributed by atoms with Crippen LogP contribution in [0.4, 0.5) is 5.69 Å². The zero-order valence-electron chi connectivity index (χ0n) is 17.0. The molecule has 1 heterocycles. The normalized spacial score (nSPS) is 33.2. The minimum absolute atomic E-state index is 0.0368. The van der Waals surface area contributed by atoms with Gasteiger partial charge in [0, 0.05) is 12.1 Å². The first-order chi connectivity index (χ1) is 13.3. The lowest BCUT2D eigenvalue weighted by Gasteiger charge is -2.61. The van der Waals surface area contributed by atoms with E-state index in [4.69, 9.17) is 0 Å². The first kappa shape index (κ1) is 17.8. The average molecular weight is 380 g/mol. The Bertz CT molecular complexity index is 919. The van der Waals surface area contributed by atoms with E-state index in [0.717, 1.165) is 36.3 Å². The van der Waals surface area contributed by atoms with Gasteiger partial charge < -0.3 is 5.32 Å². The Morgan fingerprint density at radius 1 is 1.18 bits per heavy atom. The van der Waals surface area contributed by atoms with Gasteiger partial charge in [0.05, 0.1) is 5.54 Å². The van der Waals surface area contributed by atoms with E-state index >= 15 is 0 Å². The van der Waals surface area contributed by atoms with Crippen LogP contribution in [0, 0.1) is 38.0 Å². The third kappa shape index (κ3) is 2.93. The van der Waals surface area contributed by atoms with Gasteiger partial charge in [-0.3, -0.25) is 4.79 Å². The maximum atomic E-state index is 13.0. The van der Waals surface area contributed by atoms with Crippen molar-refractivity contribution >= 4 is 11.6 Å². The molecule has 6 rings (SSSR count). The standard InChI is InChI=1S/C22H29N5O/c1-14-4-5-15(2)19(6-14)23-20(28)12-21-8-17-7-18(9-21)11-22(10-17,13-21)27-25-16(3)24-26-27/h4-6,17-18H,7-13H2,1-3H3,(H,23,28). The SMILES string of the molecule is Cc1ccc(C)c(NC(=O)CC23CC4CC(C2)CC(n2nnc(C)n2)(C4)C3)c1. The second-order valence-corrected chi connectivity index (χ2v) is 9.85. The first-order valence-electron chi connectivity index (χ1n) is 10.5. The number of tetrazole rings is 1. The summed E-state index contributed by atoms with van der Waals surface area (Å²) in [4.78, 5) is 14.9. The van der Waals surface area contributed by atoms with Crippen molar-refractivity contribution in [3.8, 4) is 0 Å². The van der Waals surface area contributed by atoms with Crippen LogP contribution in [-0.2, 0) is 10.3 Å². The molecule has 1 aromatic heterocycles. The Morgan fingerprint density at radius 3 is 2.61 bits per heavy atom. The van der Waals surface area contributed by atoms with Gasteiger partial charge in [0.1, 0.15) is 0 Å². The third-order valence-corrected chi connectivity index (χ3v) is 7.29. The maximum absolute atomic E-state index is 13.0. The summed E-state index contributed by atoms with van der Waals surface area (Å²) < 4.78 is 0. The molecule has 6 nitrogen and oxygen atoms in total. The number of amides is 1. The van der Waals surface area contributed by atoms with Gasteiger partial charge in [-0.15, -0.1) is 10.2 Å². The molecule has 0 radical (unpaired) electrons. The van der Waals surface area contributed by atoms with Gasteiger partial charge in [-0.05, 0) is 99.0 Å². The predicted octanol–water partition coefficient (Wildman–Crippen LogP) is 3.92. The van der Waals surface area contributed by atoms with Crippen LogP contribution in [-0.4, -0.2) is 26.1 Å². The molecule has 1 amide bonds. The Kier molecular flexibility index (Phi) is 3.90. The van der Waals surface area contributed by atoms with E-state index < -0.39 is 0 Å². The highest BCUT2D eigenvalue weighted by Gasteiger charge is 2.59. The Hall–Kier alpha value is -2.24. The average Bonchev–Trinajstić information content (AvgIpc) is 3.04. The molecule has 2 aromatic rings. The predicted molar refractivity (Wildman–Crippen MR) is 107 cm³/mol. The zero-order chi connectivity index (χ0) is 19.5. The highest BCUT2D eigenvalue weighted by Crippen LogP contribution is 2.65. The van der Waals surface area contributed by atoms with E-state index in [2.05, 4.69) is 45.9 Å². The van der Waals surface area contributed by atoms with Crippen LogP contribution in [0.5, 0.6) is 0 Å². The Balaban J connectivity index is 1.39. The van der Waals surface area contributed by atoms with Gasteiger partial charge in [-0.25, -0.2) is 0 Å². The van der Waals surface area contributed by atoms with Crippen LogP contribution in [0.3, 0.4) is 0 Å². The van der Waals surface area contributed by atoms with Crippen LogP contribution in [0.1, 0.15) is 61.9 Å². The second-order valence-electron chi connectivity index (χ2n) is 9.85. The number of nitrogens with one attached hydrogen (secondary N) is 1. The number of nitrogens with zero attached hydrogens (tertiary/aromatic N) is 4. The zero-order valence-corrected chi connectivity index (χ0v) is 17.0. The Morgan fingerprint density at radius 2 is 1.93 bits per heavy atom. The highest BCUT2D eigenvalue weighted by atomic mass is 16.1. The summed E-state index contributed by atoms with van der Waals surface area (Å²) in [5, 5.41) is 16.3. The topological polar surface area (TPSA) is 72.7 Å². The molecular weight excluding hydrogens is 350 g/mol. The molecule has 4 fully saturated rings. The van der Waals surface area contributed by atoms with E-state index in [1.54, 1.807) is 0 Å². The van der Waals surface area contributed by atoms with Crippen molar-refractivity contribution in [1.29, 1.82) is 0 Å². The summed E-state index contributed by atoms with van der Waals surface area (Å²) in [6.45, 7) is 6.01. The van der Waals surface area contributed by atoms with Crippen LogP contribution < -0.4 is 5.32 Å². The Labute approximate surface area is 166 Å². The lowest BCUT2D eigenvalue weighted by molar-refractivity contribution is -0.135. The number of aryl methyl sites for hydroxylation is 3. The van der Waals surface area contributed by atoms with Crippen LogP contribution in [0.2, 0.25) is 0 Å². The fourth-order valence-electron chi connectivity index (χ4n) is 6.73. The first-order valence-corrected chi connectivity index (χ1v) is 10.5. The molecule has 0 aliphatic heterocycles. The minimum Gasteiger partial charge on any atom is -0.326 e. The number of carbonyl (C=O) groups excluding carboxylic acids is 1. The van der Waals surface area contributed by atoms with Crippen molar-refractivity contribution in [2.24, 2.45) is 17.3 Å². The van der Waals surface area contributed by atoms with Crippen molar-refractivity contribution in [2.75, 3.05) is 5.32 Å². The number of carbonyl (C=O) groups is 1. The van der Waals surface area contributed by atoms with Crippen LogP contribution >= 0.6 is 0 Å². The molecule has 4 aliphatic rings. The number of hydrogen-bond donors (Lipinski definition) is 1. The van der Waals surface area contributed by atoms with E-state index in [1.165, 1.54) is 24.8 Å². The third-order valence-electron chi connectivity index (χ3n) is 7.29. The molecule has 4 aliphatic carbocycles. The summed E-state index contributed by atoms with van der Waals surface area (Å²) in [7, 11) is 0. The lowest BCUT2D eigenvalue weighted by Crippen LogP contribution is -2.57. The number of benzene rings is 1. The number of rotatable bonds is 4. The van der Waals surface area contributed by atoms with Crippen molar-refractivity contribution < 1.29 is 4.79 Å². The molecule has 1 aromatic carbocycles. The fraction of sp³-hybridized carbons (Fsp3) is 0.636. The summed E-state index contributed by atoms with van der Waals surface area (Å²) >= 11 is 0. The summed E-state index contributed by atoms with van der Waals surface area (Å²) in [5.41, 5.74) is 3.27.